The number of carbonyl (C=O) groups excluding carboxylic acids is 1. The molecule has 1 aromatic rings. The van der Waals surface area contributed by atoms with Crippen LogP contribution in [0.5, 0.6) is 0 Å². The number of hydrogen-bond donors (Lipinski definition) is 2. The highest BCUT2D eigenvalue weighted by Crippen LogP contribution is 2.24. The van der Waals surface area contributed by atoms with E-state index in [9.17, 15) is 4.79 Å². The van der Waals surface area contributed by atoms with Crippen molar-refractivity contribution in [1.29, 1.82) is 0 Å². The summed E-state index contributed by atoms with van der Waals surface area (Å²) < 4.78 is 0. The zero-order valence-electron chi connectivity index (χ0n) is 12.1. The summed E-state index contributed by atoms with van der Waals surface area (Å²) in [6.45, 7) is 5.01. The molecule has 0 radical (unpaired) electrons. The van der Waals surface area contributed by atoms with E-state index in [0.29, 0.717) is 16.4 Å². The van der Waals surface area contributed by atoms with E-state index >= 15 is 0 Å². The van der Waals surface area contributed by atoms with Gasteiger partial charge in [-0.15, -0.1) is 0 Å². The monoisotopic (exact) mass is 295 g/mol. The number of pyridine rings is 1. The van der Waals surface area contributed by atoms with Gasteiger partial charge in [0, 0.05) is 18.8 Å². The number of amides is 1. The molecule has 1 aliphatic rings. The third kappa shape index (κ3) is 3.85. The number of nitrogens with zero attached hydrogens (tertiary/aromatic N) is 1. The topological polar surface area (TPSA) is 54.0 Å². The maximum Gasteiger partial charge on any atom is 0.253 e. The summed E-state index contributed by atoms with van der Waals surface area (Å²) in [5.74, 6) is 1.35. The largest absolute Gasteiger partial charge is 0.370 e. The van der Waals surface area contributed by atoms with Crippen molar-refractivity contribution in [3.63, 3.8) is 0 Å². The van der Waals surface area contributed by atoms with Crippen LogP contribution in [0.4, 0.5) is 5.82 Å². The van der Waals surface area contributed by atoms with Crippen LogP contribution < -0.4 is 10.6 Å². The highest BCUT2D eigenvalue weighted by Gasteiger charge is 2.21. The summed E-state index contributed by atoms with van der Waals surface area (Å²) >= 11 is 6.08. The lowest BCUT2D eigenvalue weighted by Crippen LogP contribution is -2.37. The van der Waals surface area contributed by atoms with Gasteiger partial charge in [0.25, 0.3) is 5.91 Å². The second-order valence-corrected chi connectivity index (χ2v) is 5.92. The molecule has 0 saturated heterocycles. The van der Waals surface area contributed by atoms with Gasteiger partial charge in [-0.25, -0.2) is 4.98 Å². The van der Waals surface area contributed by atoms with Gasteiger partial charge >= 0.3 is 0 Å². The first kappa shape index (κ1) is 15.1. The highest BCUT2D eigenvalue weighted by molar-refractivity contribution is 6.33. The predicted molar refractivity (Wildman–Crippen MR) is 82.3 cm³/mol. The van der Waals surface area contributed by atoms with Crippen molar-refractivity contribution in [3.8, 4) is 0 Å². The zero-order chi connectivity index (χ0) is 14.5. The summed E-state index contributed by atoms with van der Waals surface area (Å²) in [6.07, 6.45) is 5.98. The van der Waals surface area contributed by atoms with Gasteiger partial charge < -0.3 is 10.6 Å². The summed E-state index contributed by atoms with van der Waals surface area (Å²) in [5, 5.41) is 6.57. The van der Waals surface area contributed by atoms with E-state index in [-0.39, 0.29) is 11.9 Å². The minimum atomic E-state index is -0.101. The molecule has 0 aromatic carbocycles. The van der Waals surface area contributed by atoms with Crippen LogP contribution in [0.1, 0.15) is 49.9 Å². The van der Waals surface area contributed by atoms with Gasteiger partial charge in [0.1, 0.15) is 5.82 Å². The van der Waals surface area contributed by atoms with Gasteiger partial charge in [-0.1, -0.05) is 18.5 Å². The summed E-state index contributed by atoms with van der Waals surface area (Å²) in [7, 11) is 0. The van der Waals surface area contributed by atoms with Crippen molar-refractivity contribution in [2.45, 2.75) is 45.6 Å². The number of anilines is 1. The molecule has 0 unspecified atom stereocenters. The first-order chi connectivity index (χ1) is 9.60. The van der Waals surface area contributed by atoms with Crippen LogP contribution in [0.3, 0.4) is 0 Å². The molecule has 0 bridgehead atoms. The molecule has 20 heavy (non-hydrogen) atoms. The number of carbonyl (C=O) groups is 1. The van der Waals surface area contributed by atoms with Crippen molar-refractivity contribution < 1.29 is 4.79 Å². The fourth-order valence-corrected chi connectivity index (χ4v) is 2.75. The molecule has 0 atom stereocenters. The Hall–Kier alpha value is -1.29. The van der Waals surface area contributed by atoms with Gasteiger partial charge in [-0.2, -0.15) is 0 Å². The molecule has 0 spiro atoms. The summed E-state index contributed by atoms with van der Waals surface area (Å²) in [6, 6.07) is 1.98. The lowest BCUT2D eigenvalue weighted by atomic mass is 9.87. The lowest BCUT2D eigenvalue weighted by molar-refractivity contribution is 0.0923. The van der Waals surface area contributed by atoms with Crippen LogP contribution >= 0.6 is 11.6 Å². The quantitative estimate of drug-likeness (QED) is 0.894. The molecule has 110 valence electrons. The summed E-state index contributed by atoms with van der Waals surface area (Å²) in [4.78, 5) is 16.5. The second kappa shape index (κ2) is 6.93. The van der Waals surface area contributed by atoms with Crippen molar-refractivity contribution in [2.75, 3.05) is 11.9 Å². The minimum Gasteiger partial charge on any atom is -0.370 e. The minimum absolute atomic E-state index is 0.101. The molecular formula is C15H22ClN3O. The SMILES string of the molecule is CCNc1cc(C(=O)NC2CCC(C)CC2)c(Cl)cn1. The Bertz CT molecular complexity index is 470. The van der Waals surface area contributed by atoms with Crippen LogP contribution in [0.25, 0.3) is 0 Å². The van der Waals surface area contributed by atoms with E-state index in [2.05, 4.69) is 22.5 Å². The van der Waals surface area contributed by atoms with E-state index in [1.807, 2.05) is 6.92 Å². The van der Waals surface area contributed by atoms with Crippen LogP contribution in [0.2, 0.25) is 5.02 Å². The van der Waals surface area contributed by atoms with E-state index in [4.69, 9.17) is 11.6 Å². The molecule has 1 aromatic heterocycles. The smallest absolute Gasteiger partial charge is 0.253 e. The molecular weight excluding hydrogens is 274 g/mol. The van der Waals surface area contributed by atoms with E-state index in [0.717, 1.165) is 25.3 Å². The molecule has 1 fully saturated rings. The maximum atomic E-state index is 12.3. The fraction of sp³-hybridized carbons (Fsp3) is 0.600. The van der Waals surface area contributed by atoms with E-state index < -0.39 is 0 Å². The zero-order valence-corrected chi connectivity index (χ0v) is 12.8. The first-order valence-electron chi connectivity index (χ1n) is 7.30. The third-order valence-corrected chi connectivity index (χ3v) is 4.11. The molecule has 2 N–H and O–H groups in total. The predicted octanol–water partition coefficient (Wildman–Crippen LogP) is 3.48. The Kier molecular flexibility index (Phi) is 5.24. The molecule has 2 rings (SSSR count). The molecule has 0 aliphatic heterocycles. The third-order valence-electron chi connectivity index (χ3n) is 3.81. The average Bonchev–Trinajstić information content (AvgIpc) is 2.43. The molecule has 1 saturated carbocycles. The Morgan fingerprint density at radius 2 is 2.10 bits per heavy atom. The normalized spacial score (nSPS) is 22.4. The number of aromatic nitrogens is 1. The number of hydrogen-bond acceptors (Lipinski definition) is 3. The Morgan fingerprint density at radius 3 is 2.75 bits per heavy atom. The maximum absolute atomic E-state index is 12.3. The molecule has 1 amide bonds. The standard InChI is InChI=1S/C15H22ClN3O/c1-3-17-14-8-12(13(16)9-18-14)15(20)19-11-6-4-10(2)5-7-11/h8-11H,3-7H2,1-2H3,(H,17,18)(H,19,20). The van der Waals surface area contributed by atoms with Gasteiger partial charge in [-0.3, -0.25) is 4.79 Å². The van der Waals surface area contributed by atoms with Gasteiger partial charge in [0.15, 0.2) is 0 Å². The van der Waals surface area contributed by atoms with E-state index in [1.54, 1.807) is 6.07 Å². The van der Waals surface area contributed by atoms with Crippen LogP contribution in [0, 0.1) is 5.92 Å². The Balaban J connectivity index is 2.03. The molecule has 1 heterocycles. The van der Waals surface area contributed by atoms with Crippen molar-refractivity contribution in [2.24, 2.45) is 5.92 Å². The number of rotatable bonds is 4. The van der Waals surface area contributed by atoms with Crippen molar-refractivity contribution >= 4 is 23.3 Å². The van der Waals surface area contributed by atoms with Gasteiger partial charge in [0.05, 0.1) is 10.6 Å². The number of halogens is 1. The average molecular weight is 296 g/mol. The van der Waals surface area contributed by atoms with Crippen LogP contribution in [-0.4, -0.2) is 23.5 Å². The highest BCUT2D eigenvalue weighted by atomic mass is 35.5. The molecule has 5 heteroatoms. The van der Waals surface area contributed by atoms with Crippen molar-refractivity contribution in [1.82, 2.24) is 10.3 Å². The molecule has 1 aliphatic carbocycles. The van der Waals surface area contributed by atoms with Crippen LogP contribution in [0.15, 0.2) is 12.3 Å². The first-order valence-corrected chi connectivity index (χ1v) is 7.68. The Labute approximate surface area is 125 Å². The lowest BCUT2D eigenvalue weighted by Gasteiger charge is -2.27. The van der Waals surface area contributed by atoms with E-state index in [1.165, 1.54) is 19.0 Å². The van der Waals surface area contributed by atoms with Gasteiger partial charge in [0.2, 0.25) is 0 Å². The second-order valence-electron chi connectivity index (χ2n) is 5.51. The fourth-order valence-electron chi connectivity index (χ4n) is 2.56. The van der Waals surface area contributed by atoms with Crippen LogP contribution in [-0.2, 0) is 0 Å². The Morgan fingerprint density at radius 1 is 1.40 bits per heavy atom. The molecule has 4 nitrogen and oxygen atoms in total. The van der Waals surface area contributed by atoms with Crippen molar-refractivity contribution in [3.05, 3.63) is 22.8 Å². The number of nitrogens with one attached hydrogen (secondary N) is 2. The summed E-state index contributed by atoms with van der Waals surface area (Å²) in [5.41, 5.74) is 0.497. The van der Waals surface area contributed by atoms with Gasteiger partial charge in [-0.05, 0) is 44.6 Å².